The van der Waals surface area contributed by atoms with Crippen molar-refractivity contribution in [2.24, 2.45) is 17.8 Å². The molecule has 34 heavy (non-hydrogen) atoms. The number of rotatable bonds is 5. The average molecular weight is 493 g/mol. The summed E-state index contributed by atoms with van der Waals surface area (Å²) in [5.74, 6) is 1.10. The van der Waals surface area contributed by atoms with E-state index in [0.717, 1.165) is 25.3 Å². The maximum atomic E-state index is 13.5. The third-order valence-electron chi connectivity index (χ3n) is 8.29. The maximum absolute atomic E-state index is 13.5. The Bertz CT molecular complexity index is 1040. The number of amides is 3. The molecule has 5 aliphatic rings. The Kier molecular flexibility index (Phi) is 6.18. The molecule has 0 radical (unpaired) electrons. The van der Waals surface area contributed by atoms with Crippen LogP contribution >= 0.6 is 0 Å². The summed E-state index contributed by atoms with van der Waals surface area (Å²) < 4.78 is 40.4. The highest BCUT2D eigenvalue weighted by Gasteiger charge is 2.51. The van der Waals surface area contributed by atoms with Crippen LogP contribution in [0.3, 0.4) is 0 Å². The number of carbonyl (C=O) groups excluding carboxylic acids is 2. The van der Waals surface area contributed by atoms with Crippen LogP contribution < -0.4 is 10.6 Å². The predicted octanol–water partition coefficient (Wildman–Crippen LogP) is 2.32. The number of sulfonamides is 1. The normalized spacial score (nSPS) is 32.4. The lowest BCUT2D eigenvalue weighted by atomic mass is 9.53. The molecule has 1 heterocycles. The summed E-state index contributed by atoms with van der Waals surface area (Å²) >= 11 is 0. The van der Waals surface area contributed by atoms with Gasteiger partial charge in [0.25, 0.3) is 0 Å². The van der Waals surface area contributed by atoms with Gasteiger partial charge in [-0.1, -0.05) is 6.07 Å². The molecule has 4 saturated carbocycles. The molecule has 1 aliphatic heterocycles. The minimum atomic E-state index is -3.80. The standard InChI is InChI=1S/C24H33FN4O4S/c1-16(28-5-7-29(8-6-28)34(32,33)21-4-2-3-20(25)12-21)22(30)26-23(31)27-24-13-17-9-18(14-24)11-19(10-17)15-24/h2-4,12,16-19H,5-11,13-15H2,1H3,(H2,26,27,30,31). The van der Waals surface area contributed by atoms with Crippen LogP contribution in [0.15, 0.2) is 29.2 Å². The van der Waals surface area contributed by atoms with Crippen molar-refractivity contribution in [2.45, 2.75) is 61.9 Å². The van der Waals surface area contributed by atoms with Crippen molar-refractivity contribution in [2.75, 3.05) is 26.2 Å². The molecule has 3 amide bonds. The number of urea groups is 1. The van der Waals surface area contributed by atoms with Crippen LogP contribution in [0.4, 0.5) is 9.18 Å². The molecule has 2 N–H and O–H groups in total. The highest BCUT2D eigenvalue weighted by atomic mass is 32.2. The molecule has 1 saturated heterocycles. The molecule has 4 bridgehead atoms. The second-order valence-electron chi connectivity index (χ2n) is 10.7. The highest BCUT2D eigenvalue weighted by Crippen LogP contribution is 2.55. The van der Waals surface area contributed by atoms with Gasteiger partial charge in [-0.3, -0.25) is 15.0 Å². The van der Waals surface area contributed by atoms with Crippen molar-refractivity contribution in [1.29, 1.82) is 0 Å². The Hall–Kier alpha value is -2.04. The first kappa shape index (κ1) is 23.7. The van der Waals surface area contributed by atoms with Gasteiger partial charge in [-0.15, -0.1) is 0 Å². The third kappa shape index (κ3) is 4.59. The number of hydrogen-bond donors (Lipinski definition) is 2. The van der Waals surface area contributed by atoms with Gasteiger partial charge in [0.05, 0.1) is 10.9 Å². The third-order valence-corrected chi connectivity index (χ3v) is 10.2. The molecule has 1 aromatic rings. The number of imide groups is 1. The summed E-state index contributed by atoms with van der Waals surface area (Å²) in [5, 5.41) is 5.68. The smallest absolute Gasteiger partial charge is 0.321 e. The van der Waals surface area contributed by atoms with Crippen LogP contribution in [0.5, 0.6) is 0 Å². The summed E-state index contributed by atoms with van der Waals surface area (Å²) in [5.41, 5.74) is -0.167. The van der Waals surface area contributed by atoms with E-state index >= 15 is 0 Å². The molecule has 1 unspecified atom stereocenters. The van der Waals surface area contributed by atoms with E-state index in [2.05, 4.69) is 10.6 Å². The molecule has 6 rings (SSSR count). The summed E-state index contributed by atoms with van der Waals surface area (Å²) in [6.07, 6.45) is 6.87. The molecular formula is C24H33FN4O4S. The first-order chi connectivity index (χ1) is 16.1. The molecule has 1 aromatic carbocycles. The first-order valence-corrected chi connectivity index (χ1v) is 13.7. The van der Waals surface area contributed by atoms with Gasteiger partial charge in [0.1, 0.15) is 5.82 Å². The number of hydrogen-bond acceptors (Lipinski definition) is 5. The summed E-state index contributed by atoms with van der Waals surface area (Å²) in [7, 11) is -3.80. The van der Waals surface area contributed by atoms with Gasteiger partial charge in [0.15, 0.2) is 0 Å². The zero-order valence-corrected chi connectivity index (χ0v) is 20.3. The Morgan fingerprint density at radius 3 is 2.18 bits per heavy atom. The van der Waals surface area contributed by atoms with E-state index in [1.165, 1.54) is 41.8 Å². The lowest BCUT2D eigenvalue weighted by Gasteiger charge is -2.56. The number of nitrogens with zero attached hydrogens (tertiary/aromatic N) is 2. The van der Waals surface area contributed by atoms with Crippen molar-refractivity contribution in [1.82, 2.24) is 19.8 Å². The van der Waals surface area contributed by atoms with Gasteiger partial charge in [0, 0.05) is 31.7 Å². The Morgan fingerprint density at radius 2 is 1.62 bits per heavy atom. The lowest BCUT2D eigenvalue weighted by Crippen LogP contribution is -2.63. The van der Waals surface area contributed by atoms with Crippen molar-refractivity contribution < 1.29 is 22.4 Å². The molecule has 10 heteroatoms. The Balaban J connectivity index is 1.13. The molecule has 186 valence electrons. The highest BCUT2D eigenvalue weighted by molar-refractivity contribution is 7.89. The topological polar surface area (TPSA) is 98.8 Å². The van der Waals surface area contributed by atoms with E-state index in [1.807, 2.05) is 4.90 Å². The van der Waals surface area contributed by atoms with Crippen LogP contribution in [0, 0.1) is 23.6 Å². The van der Waals surface area contributed by atoms with Crippen LogP contribution in [-0.2, 0) is 14.8 Å². The second kappa shape index (κ2) is 8.87. The van der Waals surface area contributed by atoms with Crippen LogP contribution in [0.2, 0.25) is 0 Å². The minimum absolute atomic E-state index is 0.0758. The molecule has 0 spiro atoms. The second-order valence-corrected chi connectivity index (χ2v) is 12.7. The van der Waals surface area contributed by atoms with Crippen molar-refractivity contribution in [3.05, 3.63) is 30.1 Å². The minimum Gasteiger partial charge on any atom is -0.332 e. The van der Waals surface area contributed by atoms with Crippen LogP contribution in [0.1, 0.15) is 45.4 Å². The van der Waals surface area contributed by atoms with Crippen molar-refractivity contribution in [3.63, 3.8) is 0 Å². The SMILES string of the molecule is CC(C(=O)NC(=O)NC12CC3CC(CC(C3)C1)C2)N1CCN(S(=O)(=O)c2cccc(F)c2)CC1. The number of piperazine rings is 1. The Morgan fingerprint density at radius 1 is 1.03 bits per heavy atom. The zero-order chi connectivity index (χ0) is 24.1. The van der Waals surface area contributed by atoms with E-state index in [-0.39, 0.29) is 29.4 Å². The van der Waals surface area contributed by atoms with Crippen molar-refractivity contribution in [3.8, 4) is 0 Å². The summed E-state index contributed by atoms with van der Waals surface area (Å²) in [6.45, 7) is 2.80. The van der Waals surface area contributed by atoms with Gasteiger partial charge in [-0.2, -0.15) is 4.31 Å². The van der Waals surface area contributed by atoms with E-state index < -0.39 is 27.9 Å². The van der Waals surface area contributed by atoms with E-state index in [1.54, 1.807) is 6.92 Å². The monoisotopic (exact) mass is 492 g/mol. The molecular weight excluding hydrogens is 459 g/mol. The van der Waals surface area contributed by atoms with Gasteiger partial charge < -0.3 is 5.32 Å². The fourth-order valence-electron chi connectivity index (χ4n) is 7.03. The summed E-state index contributed by atoms with van der Waals surface area (Å²) in [4.78, 5) is 27.3. The quantitative estimate of drug-likeness (QED) is 0.657. The Labute approximate surface area is 200 Å². The zero-order valence-electron chi connectivity index (χ0n) is 19.5. The molecule has 8 nitrogen and oxygen atoms in total. The number of benzene rings is 1. The average Bonchev–Trinajstić information content (AvgIpc) is 2.77. The first-order valence-electron chi connectivity index (χ1n) is 12.3. The fourth-order valence-corrected chi connectivity index (χ4v) is 8.48. The van der Waals surface area contributed by atoms with Gasteiger partial charge >= 0.3 is 6.03 Å². The predicted molar refractivity (Wildman–Crippen MR) is 124 cm³/mol. The van der Waals surface area contributed by atoms with Gasteiger partial charge in [-0.25, -0.2) is 17.6 Å². The lowest BCUT2D eigenvalue weighted by molar-refractivity contribution is -0.125. The van der Waals surface area contributed by atoms with Crippen LogP contribution in [-0.4, -0.2) is 67.3 Å². The fraction of sp³-hybridized carbons (Fsp3) is 0.667. The molecule has 4 aliphatic carbocycles. The molecule has 5 fully saturated rings. The number of nitrogens with one attached hydrogen (secondary N) is 2. The van der Waals surface area contributed by atoms with Crippen LogP contribution in [0.25, 0.3) is 0 Å². The van der Waals surface area contributed by atoms with Crippen molar-refractivity contribution >= 4 is 22.0 Å². The number of halogens is 1. The van der Waals surface area contributed by atoms with E-state index in [9.17, 15) is 22.4 Å². The number of carbonyl (C=O) groups is 2. The van der Waals surface area contributed by atoms with E-state index in [4.69, 9.17) is 0 Å². The molecule has 1 atom stereocenters. The van der Waals surface area contributed by atoms with E-state index in [0.29, 0.717) is 30.8 Å². The van der Waals surface area contributed by atoms with Gasteiger partial charge in [-0.05, 0) is 81.4 Å². The summed E-state index contributed by atoms with van der Waals surface area (Å²) in [6, 6.07) is 3.98. The molecule has 0 aromatic heterocycles. The van der Waals surface area contributed by atoms with Gasteiger partial charge in [0.2, 0.25) is 15.9 Å². The largest absolute Gasteiger partial charge is 0.332 e. The maximum Gasteiger partial charge on any atom is 0.321 e.